The Morgan fingerprint density at radius 2 is 2.09 bits per heavy atom. The lowest BCUT2D eigenvalue weighted by atomic mass is 10.2. The summed E-state index contributed by atoms with van der Waals surface area (Å²) in [7, 11) is 0. The van der Waals surface area contributed by atoms with E-state index in [4.69, 9.17) is 0 Å². The van der Waals surface area contributed by atoms with Gasteiger partial charge in [-0.15, -0.1) is 0 Å². The average Bonchev–Trinajstić information content (AvgIpc) is 2.06. The van der Waals surface area contributed by atoms with Crippen molar-refractivity contribution in [3.63, 3.8) is 0 Å². The maximum absolute atomic E-state index is 3.94. The molecule has 0 aromatic carbocycles. The van der Waals surface area contributed by atoms with Crippen LogP contribution in [-0.2, 0) is 0 Å². The molecule has 1 unspecified atom stereocenters. The summed E-state index contributed by atoms with van der Waals surface area (Å²) in [6.45, 7) is 4.33. The molecular weight excluding hydrogens is 136 g/mol. The zero-order chi connectivity index (χ0) is 8.10. The smallest absolute Gasteiger partial charge is 0.0373 e. The van der Waals surface area contributed by atoms with Crippen molar-refractivity contribution in [1.29, 1.82) is 0 Å². The predicted molar refractivity (Wildman–Crippen MR) is 47.6 cm³/mol. The second kappa shape index (κ2) is 3.96. The molecule has 1 aromatic heterocycles. The standard InChI is InChI=1S/C9H14N2/c1-3-8(2)11-9-4-6-10-7-5-9/h4-8H,3H2,1-2H3,(H,10,11). The molecule has 2 nitrogen and oxygen atoms in total. The van der Waals surface area contributed by atoms with Crippen LogP contribution in [-0.4, -0.2) is 11.0 Å². The zero-order valence-corrected chi connectivity index (χ0v) is 7.04. The van der Waals surface area contributed by atoms with Gasteiger partial charge in [0.2, 0.25) is 0 Å². The Labute approximate surface area is 67.7 Å². The normalized spacial score (nSPS) is 12.5. The number of nitrogens with zero attached hydrogens (tertiary/aromatic N) is 1. The molecule has 1 N–H and O–H groups in total. The van der Waals surface area contributed by atoms with E-state index in [1.165, 1.54) is 0 Å². The molecule has 0 bridgehead atoms. The van der Waals surface area contributed by atoms with Gasteiger partial charge < -0.3 is 5.32 Å². The molecule has 0 radical (unpaired) electrons. The topological polar surface area (TPSA) is 24.9 Å². The molecular formula is C9H14N2. The summed E-state index contributed by atoms with van der Waals surface area (Å²) in [5, 5.41) is 3.35. The zero-order valence-electron chi connectivity index (χ0n) is 7.04. The van der Waals surface area contributed by atoms with Crippen molar-refractivity contribution in [2.75, 3.05) is 5.32 Å². The van der Waals surface area contributed by atoms with Crippen LogP contribution in [0.1, 0.15) is 20.3 Å². The maximum Gasteiger partial charge on any atom is 0.0373 e. The molecule has 0 aliphatic carbocycles. The van der Waals surface area contributed by atoms with Crippen LogP contribution in [0.25, 0.3) is 0 Å². The Hall–Kier alpha value is -1.05. The van der Waals surface area contributed by atoms with Gasteiger partial charge in [0.25, 0.3) is 0 Å². The van der Waals surface area contributed by atoms with E-state index in [9.17, 15) is 0 Å². The van der Waals surface area contributed by atoms with Gasteiger partial charge in [0, 0.05) is 24.1 Å². The molecule has 0 amide bonds. The minimum Gasteiger partial charge on any atom is -0.383 e. The number of anilines is 1. The van der Waals surface area contributed by atoms with Crippen LogP contribution in [0, 0.1) is 0 Å². The molecule has 1 rings (SSSR count). The molecule has 2 heteroatoms. The molecule has 11 heavy (non-hydrogen) atoms. The summed E-state index contributed by atoms with van der Waals surface area (Å²) in [6, 6.07) is 4.50. The van der Waals surface area contributed by atoms with Gasteiger partial charge in [-0.1, -0.05) is 6.92 Å². The Morgan fingerprint density at radius 1 is 1.45 bits per heavy atom. The van der Waals surface area contributed by atoms with Crippen molar-refractivity contribution < 1.29 is 0 Å². The highest BCUT2D eigenvalue weighted by atomic mass is 14.9. The van der Waals surface area contributed by atoms with E-state index in [1.807, 2.05) is 12.1 Å². The van der Waals surface area contributed by atoms with E-state index in [2.05, 4.69) is 24.1 Å². The molecule has 0 saturated heterocycles. The highest BCUT2D eigenvalue weighted by molar-refractivity contribution is 5.41. The largest absolute Gasteiger partial charge is 0.383 e. The second-order valence-corrected chi connectivity index (χ2v) is 2.69. The fraction of sp³-hybridized carbons (Fsp3) is 0.444. The second-order valence-electron chi connectivity index (χ2n) is 2.69. The number of aromatic nitrogens is 1. The molecule has 60 valence electrons. The third-order valence-corrected chi connectivity index (χ3v) is 1.71. The third kappa shape index (κ3) is 2.58. The highest BCUT2D eigenvalue weighted by Crippen LogP contribution is 2.06. The van der Waals surface area contributed by atoms with E-state index in [1.54, 1.807) is 12.4 Å². The molecule has 1 atom stereocenters. The minimum absolute atomic E-state index is 0.539. The van der Waals surface area contributed by atoms with Crippen molar-refractivity contribution in [2.24, 2.45) is 0 Å². The summed E-state index contributed by atoms with van der Waals surface area (Å²) >= 11 is 0. The molecule has 0 saturated carbocycles. The van der Waals surface area contributed by atoms with Gasteiger partial charge in [-0.3, -0.25) is 4.98 Å². The van der Waals surface area contributed by atoms with E-state index in [0.717, 1.165) is 12.1 Å². The first kappa shape index (κ1) is 8.05. The van der Waals surface area contributed by atoms with Crippen LogP contribution in [0.2, 0.25) is 0 Å². The number of nitrogens with one attached hydrogen (secondary N) is 1. The van der Waals surface area contributed by atoms with Gasteiger partial charge in [0.15, 0.2) is 0 Å². The fourth-order valence-corrected chi connectivity index (χ4v) is 0.835. The van der Waals surface area contributed by atoms with Gasteiger partial charge in [-0.25, -0.2) is 0 Å². The summed E-state index contributed by atoms with van der Waals surface area (Å²) in [4.78, 5) is 3.94. The highest BCUT2D eigenvalue weighted by Gasteiger charge is 1.95. The van der Waals surface area contributed by atoms with Crippen molar-refractivity contribution >= 4 is 5.69 Å². The summed E-state index contributed by atoms with van der Waals surface area (Å²) in [5.41, 5.74) is 1.15. The van der Waals surface area contributed by atoms with E-state index in [-0.39, 0.29) is 0 Å². The van der Waals surface area contributed by atoms with Crippen LogP contribution in [0.5, 0.6) is 0 Å². The van der Waals surface area contributed by atoms with Crippen LogP contribution >= 0.6 is 0 Å². The van der Waals surface area contributed by atoms with Crippen LogP contribution in [0.3, 0.4) is 0 Å². The molecule has 1 heterocycles. The first-order chi connectivity index (χ1) is 5.33. The summed E-state index contributed by atoms with van der Waals surface area (Å²) < 4.78 is 0. The first-order valence-corrected chi connectivity index (χ1v) is 3.99. The van der Waals surface area contributed by atoms with E-state index >= 15 is 0 Å². The number of hydrogen-bond acceptors (Lipinski definition) is 2. The SMILES string of the molecule is CCC(C)Nc1ccncc1. The maximum atomic E-state index is 3.94. The summed E-state index contributed by atoms with van der Waals surface area (Å²) in [6.07, 6.45) is 4.73. The Balaban J connectivity index is 2.51. The average molecular weight is 150 g/mol. The molecule has 0 aliphatic rings. The van der Waals surface area contributed by atoms with E-state index < -0.39 is 0 Å². The van der Waals surface area contributed by atoms with Crippen molar-refractivity contribution in [1.82, 2.24) is 4.98 Å². The van der Waals surface area contributed by atoms with Gasteiger partial charge in [-0.2, -0.15) is 0 Å². The van der Waals surface area contributed by atoms with E-state index in [0.29, 0.717) is 6.04 Å². The molecule has 0 fully saturated rings. The number of pyridine rings is 1. The lowest BCUT2D eigenvalue weighted by molar-refractivity contribution is 0.764. The minimum atomic E-state index is 0.539. The summed E-state index contributed by atoms with van der Waals surface area (Å²) in [5.74, 6) is 0. The lowest BCUT2D eigenvalue weighted by Gasteiger charge is -2.11. The van der Waals surface area contributed by atoms with Gasteiger partial charge >= 0.3 is 0 Å². The molecule has 0 spiro atoms. The van der Waals surface area contributed by atoms with Crippen molar-refractivity contribution in [2.45, 2.75) is 26.3 Å². The Morgan fingerprint density at radius 3 is 2.64 bits per heavy atom. The van der Waals surface area contributed by atoms with Crippen LogP contribution in [0.15, 0.2) is 24.5 Å². The number of hydrogen-bond donors (Lipinski definition) is 1. The predicted octanol–water partition coefficient (Wildman–Crippen LogP) is 2.29. The quantitative estimate of drug-likeness (QED) is 0.715. The molecule has 1 aromatic rings. The first-order valence-electron chi connectivity index (χ1n) is 3.99. The van der Waals surface area contributed by atoms with Gasteiger partial charge in [-0.05, 0) is 25.5 Å². The van der Waals surface area contributed by atoms with Crippen LogP contribution < -0.4 is 5.32 Å². The van der Waals surface area contributed by atoms with Gasteiger partial charge in [0.05, 0.1) is 0 Å². The van der Waals surface area contributed by atoms with Crippen molar-refractivity contribution in [3.8, 4) is 0 Å². The van der Waals surface area contributed by atoms with Gasteiger partial charge in [0.1, 0.15) is 0 Å². The number of rotatable bonds is 3. The lowest BCUT2D eigenvalue weighted by Crippen LogP contribution is -2.12. The fourth-order valence-electron chi connectivity index (χ4n) is 0.835. The third-order valence-electron chi connectivity index (χ3n) is 1.71. The van der Waals surface area contributed by atoms with Crippen LogP contribution in [0.4, 0.5) is 5.69 Å². The van der Waals surface area contributed by atoms with Crippen molar-refractivity contribution in [3.05, 3.63) is 24.5 Å². The Bertz CT molecular complexity index is 196. The Kier molecular flexibility index (Phi) is 2.90. The molecule has 0 aliphatic heterocycles. The monoisotopic (exact) mass is 150 g/mol.